The van der Waals surface area contributed by atoms with E-state index < -0.39 is 28.5 Å². The van der Waals surface area contributed by atoms with Crippen molar-refractivity contribution in [1.29, 1.82) is 0 Å². The maximum atomic E-state index is 14.7. The second-order valence-electron chi connectivity index (χ2n) is 11.7. The summed E-state index contributed by atoms with van der Waals surface area (Å²) in [5.74, 6) is -0.530. The fraction of sp³-hybridized carbons (Fsp3) is 0.297. The summed E-state index contributed by atoms with van der Waals surface area (Å²) in [6.07, 6.45) is 5.20. The molecule has 0 spiro atoms. The summed E-state index contributed by atoms with van der Waals surface area (Å²) in [6, 6.07) is 30.4. The van der Waals surface area contributed by atoms with Crippen molar-refractivity contribution in [2.24, 2.45) is 0 Å². The standard InChI is InChI=1S/C37H40ClN3O5S/c1-46-35-23-12-11-22-33(35)41(47(44,45)32-20-9-4-10-21-32)27-36(42)40(26-29-16-13-17-30(38)24-29)34(25-28-14-5-2-6-15-28)37(43)39-31-18-7-3-8-19-31/h2,4-6,9-17,20-24,31,34H,3,7-8,18-19,25-27H2,1H3,(H,39,43). The first kappa shape index (κ1) is 34.0. The molecule has 0 aliphatic heterocycles. The van der Waals surface area contributed by atoms with Crippen LogP contribution in [0.2, 0.25) is 5.02 Å². The molecule has 0 saturated heterocycles. The van der Waals surface area contributed by atoms with Gasteiger partial charge in [0.25, 0.3) is 10.0 Å². The van der Waals surface area contributed by atoms with Gasteiger partial charge in [-0.3, -0.25) is 13.9 Å². The average Bonchev–Trinajstić information content (AvgIpc) is 3.10. The van der Waals surface area contributed by atoms with Gasteiger partial charge in [0.1, 0.15) is 18.3 Å². The van der Waals surface area contributed by atoms with Gasteiger partial charge >= 0.3 is 0 Å². The minimum atomic E-state index is -4.24. The molecule has 1 atom stereocenters. The number of carbonyl (C=O) groups excluding carboxylic acids is 2. The summed E-state index contributed by atoms with van der Waals surface area (Å²) in [5, 5.41) is 3.71. The van der Waals surface area contributed by atoms with Crippen molar-refractivity contribution in [1.82, 2.24) is 10.2 Å². The number of nitrogens with zero attached hydrogens (tertiary/aromatic N) is 2. The molecule has 1 N–H and O–H groups in total. The first-order valence-corrected chi connectivity index (χ1v) is 17.7. The third kappa shape index (κ3) is 8.73. The van der Waals surface area contributed by atoms with Crippen molar-refractivity contribution in [3.63, 3.8) is 0 Å². The Kier molecular flexibility index (Phi) is 11.6. The first-order valence-electron chi connectivity index (χ1n) is 15.9. The number of carbonyl (C=O) groups is 2. The highest BCUT2D eigenvalue weighted by molar-refractivity contribution is 7.92. The summed E-state index contributed by atoms with van der Waals surface area (Å²) in [4.78, 5) is 30.4. The summed E-state index contributed by atoms with van der Waals surface area (Å²) in [5.41, 5.74) is 1.80. The number of anilines is 1. The Morgan fingerprint density at radius 1 is 0.851 bits per heavy atom. The molecular formula is C37H40ClN3O5S. The number of sulfonamides is 1. The van der Waals surface area contributed by atoms with Gasteiger partial charge in [-0.15, -0.1) is 0 Å². The molecule has 0 aromatic heterocycles. The zero-order valence-corrected chi connectivity index (χ0v) is 28.0. The minimum absolute atomic E-state index is 0.0150. The molecular weight excluding hydrogens is 634 g/mol. The molecule has 0 radical (unpaired) electrons. The van der Waals surface area contributed by atoms with Gasteiger partial charge in [-0.2, -0.15) is 0 Å². The zero-order chi connectivity index (χ0) is 33.2. The Hall–Kier alpha value is -4.34. The lowest BCUT2D eigenvalue weighted by molar-refractivity contribution is -0.140. The molecule has 8 nitrogen and oxygen atoms in total. The SMILES string of the molecule is COc1ccccc1N(CC(=O)N(Cc1cccc(Cl)c1)C(Cc1ccccc1)C(=O)NC1CCCCC1)S(=O)(=O)c1ccccc1. The van der Waals surface area contributed by atoms with Gasteiger partial charge in [-0.05, 0) is 60.4 Å². The van der Waals surface area contributed by atoms with E-state index in [2.05, 4.69) is 5.32 Å². The van der Waals surface area contributed by atoms with Crippen LogP contribution in [0.1, 0.15) is 43.2 Å². The Morgan fingerprint density at radius 2 is 1.49 bits per heavy atom. The van der Waals surface area contributed by atoms with E-state index in [0.717, 1.165) is 42.0 Å². The van der Waals surface area contributed by atoms with Crippen molar-refractivity contribution in [2.45, 2.75) is 62.0 Å². The lowest BCUT2D eigenvalue weighted by Crippen LogP contribution is -2.55. The number of ether oxygens (including phenoxy) is 1. The highest BCUT2D eigenvalue weighted by atomic mass is 35.5. The number of hydrogen-bond acceptors (Lipinski definition) is 5. The van der Waals surface area contributed by atoms with Crippen molar-refractivity contribution < 1.29 is 22.7 Å². The van der Waals surface area contributed by atoms with E-state index >= 15 is 0 Å². The van der Waals surface area contributed by atoms with Gasteiger partial charge in [0.15, 0.2) is 0 Å². The molecule has 1 saturated carbocycles. The molecule has 246 valence electrons. The van der Waals surface area contributed by atoms with Crippen LogP contribution >= 0.6 is 11.6 Å². The second-order valence-corrected chi connectivity index (χ2v) is 14.0. The number of halogens is 1. The zero-order valence-electron chi connectivity index (χ0n) is 26.4. The van der Waals surface area contributed by atoms with E-state index in [0.29, 0.717) is 10.6 Å². The van der Waals surface area contributed by atoms with Crippen LogP contribution in [0, 0.1) is 0 Å². The van der Waals surface area contributed by atoms with Crippen molar-refractivity contribution in [3.8, 4) is 5.75 Å². The molecule has 1 aliphatic carbocycles. The maximum absolute atomic E-state index is 14.7. The van der Waals surface area contributed by atoms with E-state index in [-0.39, 0.29) is 41.2 Å². The molecule has 4 aromatic carbocycles. The average molecular weight is 674 g/mol. The molecule has 0 bridgehead atoms. The van der Waals surface area contributed by atoms with Crippen molar-refractivity contribution >= 4 is 39.1 Å². The van der Waals surface area contributed by atoms with Crippen molar-refractivity contribution in [2.75, 3.05) is 18.0 Å². The van der Waals surface area contributed by atoms with Crippen LogP contribution in [0.25, 0.3) is 0 Å². The van der Waals surface area contributed by atoms with Crippen LogP contribution in [0.4, 0.5) is 5.69 Å². The molecule has 1 fully saturated rings. The summed E-state index contributed by atoms with van der Waals surface area (Å²) < 4.78 is 35.1. The summed E-state index contributed by atoms with van der Waals surface area (Å²) in [7, 11) is -2.79. The quantitative estimate of drug-likeness (QED) is 0.172. The molecule has 47 heavy (non-hydrogen) atoms. The highest BCUT2D eigenvalue weighted by Crippen LogP contribution is 2.33. The van der Waals surface area contributed by atoms with Gasteiger partial charge < -0.3 is 15.0 Å². The van der Waals surface area contributed by atoms with Gasteiger partial charge in [-0.25, -0.2) is 8.42 Å². The third-order valence-corrected chi connectivity index (χ3v) is 10.4. The number of para-hydroxylation sites is 2. The smallest absolute Gasteiger partial charge is 0.264 e. The van der Waals surface area contributed by atoms with Gasteiger partial charge in [0.2, 0.25) is 11.8 Å². The fourth-order valence-electron chi connectivity index (χ4n) is 6.00. The normalized spacial score (nSPS) is 14.2. The molecule has 4 aromatic rings. The Bertz CT molecular complexity index is 1750. The minimum Gasteiger partial charge on any atom is -0.495 e. The number of rotatable bonds is 13. The predicted molar refractivity (Wildman–Crippen MR) is 185 cm³/mol. The number of benzene rings is 4. The largest absolute Gasteiger partial charge is 0.495 e. The van der Waals surface area contributed by atoms with Crippen LogP contribution in [-0.4, -0.2) is 50.9 Å². The molecule has 1 aliphatic rings. The van der Waals surface area contributed by atoms with Gasteiger partial charge in [0, 0.05) is 24.0 Å². The van der Waals surface area contributed by atoms with Crippen LogP contribution in [-0.2, 0) is 32.6 Å². The van der Waals surface area contributed by atoms with E-state index in [1.807, 2.05) is 36.4 Å². The highest BCUT2D eigenvalue weighted by Gasteiger charge is 2.36. The molecule has 10 heteroatoms. The van der Waals surface area contributed by atoms with Gasteiger partial charge in [-0.1, -0.05) is 104 Å². The van der Waals surface area contributed by atoms with Crippen molar-refractivity contribution in [3.05, 3.63) is 125 Å². The van der Waals surface area contributed by atoms with E-state index in [1.165, 1.54) is 24.1 Å². The Morgan fingerprint density at radius 3 is 2.17 bits per heavy atom. The van der Waals surface area contributed by atoms with E-state index in [9.17, 15) is 18.0 Å². The Labute approximate surface area is 282 Å². The van der Waals surface area contributed by atoms with Gasteiger partial charge in [0.05, 0.1) is 17.7 Å². The van der Waals surface area contributed by atoms with Crippen LogP contribution < -0.4 is 14.4 Å². The molecule has 5 rings (SSSR count). The van der Waals surface area contributed by atoms with Crippen LogP contribution in [0.5, 0.6) is 5.75 Å². The summed E-state index contributed by atoms with van der Waals surface area (Å²) in [6.45, 7) is -0.527. The van der Waals surface area contributed by atoms with Crippen LogP contribution in [0.3, 0.4) is 0 Å². The summed E-state index contributed by atoms with van der Waals surface area (Å²) >= 11 is 6.35. The molecule has 0 heterocycles. The predicted octanol–water partition coefficient (Wildman–Crippen LogP) is 6.63. The first-order chi connectivity index (χ1) is 22.8. The number of amides is 2. The number of nitrogens with one attached hydrogen (secondary N) is 1. The van der Waals surface area contributed by atoms with E-state index in [1.54, 1.807) is 60.7 Å². The lowest BCUT2D eigenvalue weighted by Gasteiger charge is -2.35. The monoisotopic (exact) mass is 673 g/mol. The maximum Gasteiger partial charge on any atom is 0.264 e. The number of hydrogen-bond donors (Lipinski definition) is 1. The van der Waals surface area contributed by atoms with E-state index in [4.69, 9.17) is 16.3 Å². The Balaban J connectivity index is 1.58. The topological polar surface area (TPSA) is 96.0 Å². The number of methoxy groups -OCH3 is 1. The molecule has 1 unspecified atom stereocenters. The lowest BCUT2D eigenvalue weighted by atomic mass is 9.94. The fourth-order valence-corrected chi connectivity index (χ4v) is 7.66. The third-order valence-electron chi connectivity index (χ3n) is 8.43. The van der Waals surface area contributed by atoms with Crippen LogP contribution in [0.15, 0.2) is 114 Å². The second kappa shape index (κ2) is 16.0. The molecule has 2 amide bonds.